The van der Waals surface area contributed by atoms with Crippen molar-refractivity contribution >= 4 is 5.78 Å². The number of carbonyl (C=O) groups is 1. The van der Waals surface area contributed by atoms with Crippen LogP contribution in [0.1, 0.15) is 62.7 Å². The van der Waals surface area contributed by atoms with Crippen molar-refractivity contribution in [3.05, 3.63) is 23.8 Å². The smallest absolute Gasteiger partial charge is 0.203 e. The second-order valence-corrected chi connectivity index (χ2v) is 6.42. The molecule has 4 nitrogen and oxygen atoms in total. The number of hydrogen-bond acceptors (Lipinski definition) is 4. The third-order valence-electron chi connectivity index (χ3n) is 4.52. The lowest BCUT2D eigenvalue weighted by Crippen LogP contribution is -2.26. The number of carbonyl (C=O) groups excluding carboxylic acids is 1. The first-order valence-corrected chi connectivity index (χ1v) is 9.39. The Kier molecular flexibility index (Phi) is 8.10. The molecule has 0 N–H and O–H groups in total. The maximum absolute atomic E-state index is 11.5. The van der Waals surface area contributed by atoms with Gasteiger partial charge in [-0.15, -0.1) is 0 Å². The number of rotatable bonds is 12. The molecule has 4 heteroatoms. The number of hydrogen-bond donors (Lipinski definition) is 0. The van der Waals surface area contributed by atoms with Crippen LogP contribution >= 0.6 is 0 Å². The van der Waals surface area contributed by atoms with Gasteiger partial charge in [0.05, 0.1) is 12.2 Å². The first kappa shape index (κ1) is 18.8. The molecule has 0 fully saturated rings. The van der Waals surface area contributed by atoms with Crippen molar-refractivity contribution in [2.24, 2.45) is 0 Å². The lowest BCUT2D eigenvalue weighted by atomic mass is 10.1. The molecule has 0 saturated heterocycles. The minimum Gasteiger partial charge on any atom is -0.493 e. The van der Waals surface area contributed by atoms with Gasteiger partial charge in [-0.1, -0.05) is 39.5 Å². The van der Waals surface area contributed by atoms with Crippen molar-refractivity contribution in [2.45, 2.75) is 52.4 Å². The minimum atomic E-state index is 0.0501. The summed E-state index contributed by atoms with van der Waals surface area (Å²) < 4.78 is 11.1. The van der Waals surface area contributed by atoms with Gasteiger partial charge in [0.1, 0.15) is 11.5 Å². The molecule has 0 unspecified atom stereocenters. The zero-order chi connectivity index (χ0) is 17.2. The van der Waals surface area contributed by atoms with Crippen LogP contribution in [-0.4, -0.2) is 43.5 Å². The van der Waals surface area contributed by atoms with Crippen molar-refractivity contribution in [3.63, 3.8) is 0 Å². The monoisotopic (exact) mass is 333 g/mol. The Morgan fingerprint density at radius 1 is 1.08 bits per heavy atom. The summed E-state index contributed by atoms with van der Waals surface area (Å²) in [6.45, 7) is 8.69. The summed E-state index contributed by atoms with van der Waals surface area (Å²) in [7, 11) is 0. The van der Waals surface area contributed by atoms with Crippen molar-refractivity contribution < 1.29 is 14.3 Å². The van der Waals surface area contributed by atoms with Gasteiger partial charge >= 0.3 is 0 Å². The standard InChI is InChI=1S/C20H31NO3/c1-3-5-6-7-8-12-21(4-2)13-9-14-23-17-10-11-18-19(22)16-24-20(18)15-17/h10-11,15H,3-9,12-14,16H2,1-2H3. The lowest BCUT2D eigenvalue weighted by Gasteiger charge is -2.20. The second kappa shape index (κ2) is 10.3. The maximum atomic E-state index is 11.5. The SMILES string of the molecule is CCCCCCCN(CC)CCCOc1ccc2c(c1)OCC2=O. The number of unbranched alkanes of at least 4 members (excludes halogenated alkanes) is 4. The predicted molar refractivity (Wildman–Crippen MR) is 97.3 cm³/mol. The van der Waals surface area contributed by atoms with Crippen molar-refractivity contribution in [1.82, 2.24) is 4.90 Å². The molecule has 0 saturated carbocycles. The summed E-state index contributed by atoms with van der Waals surface area (Å²) in [5, 5.41) is 0. The van der Waals surface area contributed by atoms with E-state index in [2.05, 4.69) is 18.7 Å². The summed E-state index contributed by atoms with van der Waals surface area (Å²) in [5.41, 5.74) is 0.669. The van der Waals surface area contributed by atoms with E-state index >= 15 is 0 Å². The number of benzene rings is 1. The van der Waals surface area contributed by atoms with Crippen LogP contribution in [-0.2, 0) is 0 Å². The van der Waals surface area contributed by atoms with E-state index in [0.29, 0.717) is 17.9 Å². The van der Waals surface area contributed by atoms with Crippen LogP contribution in [0.5, 0.6) is 11.5 Å². The molecule has 0 atom stereocenters. The predicted octanol–water partition coefficient (Wildman–Crippen LogP) is 4.32. The van der Waals surface area contributed by atoms with E-state index in [1.54, 1.807) is 6.07 Å². The molecular weight excluding hydrogens is 302 g/mol. The van der Waals surface area contributed by atoms with E-state index in [0.717, 1.165) is 25.3 Å². The molecule has 0 spiro atoms. The number of fused-ring (bicyclic) bond motifs is 1. The van der Waals surface area contributed by atoms with Crippen LogP contribution in [0.2, 0.25) is 0 Å². The Labute approximate surface area is 146 Å². The van der Waals surface area contributed by atoms with Crippen LogP contribution in [0.25, 0.3) is 0 Å². The lowest BCUT2D eigenvalue weighted by molar-refractivity contribution is 0.0961. The fourth-order valence-electron chi connectivity index (χ4n) is 3.01. The highest BCUT2D eigenvalue weighted by Crippen LogP contribution is 2.29. The van der Waals surface area contributed by atoms with Gasteiger partial charge in [-0.2, -0.15) is 0 Å². The Morgan fingerprint density at radius 2 is 1.88 bits per heavy atom. The van der Waals surface area contributed by atoms with Gasteiger partial charge in [0.25, 0.3) is 0 Å². The fourth-order valence-corrected chi connectivity index (χ4v) is 3.01. The molecule has 2 rings (SSSR count). The van der Waals surface area contributed by atoms with Crippen molar-refractivity contribution in [2.75, 3.05) is 32.8 Å². The largest absolute Gasteiger partial charge is 0.493 e. The average Bonchev–Trinajstić information content (AvgIpc) is 2.97. The third-order valence-corrected chi connectivity index (χ3v) is 4.52. The van der Waals surface area contributed by atoms with Gasteiger partial charge in [0.2, 0.25) is 5.78 Å². The highest BCUT2D eigenvalue weighted by atomic mass is 16.5. The summed E-state index contributed by atoms with van der Waals surface area (Å²) in [6.07, 6.45) is 7.67. The van der Waals surface area contributed by atoms with E-state index < -0.39 is 0 Å². The first-order chi connectivity index (χ1) is 11.7. The zero-order valence-electron chi connectivity index (χ0n) is 15.2. The normalized spacial score (nSPS) is 13.2. The maximum Gasteiger partial charge on any atom is 0.203 e. The Hall–Kier alpha value is -1.55. The fraction of sp³-hybridized carbons (Fsp3) is 0.650. The first-order valence-electron chi connectivity index (χ1n) is 9.39. The zero-order valence-corrected chi connectivity index (χ0v) is 15.2. The third kappa shape index (κ3) is 5.82. The Bertz CT molecular complexity index is 516. The Morgan fingerprint density at radius 3 is 2.67 bits per heavy atom. The van der Waals surface area contributed by atoms with Gasteiger partial charge < -0.3 is 14.4 Å². The van der Waals surface area contributed by atoms with Crippen LogP contribution in [0, 0.1) is 0 Å². The molecular formula is C20H31NO3. The quantitative estimate of drug-likeness (QED) is 0.534. The second-order valence-electron chi connectivity index (χ2n) is 6.42. The average molecular weight is 333 g/mol. The van der Waals surface area contributed by atoms with Gasteiger partial charge in [-0.25, -0.2) is 0 Å². The summed E-state index contributed by atoms with van der Waals surface area (Å²) >= 11 is 0. The molecule has 1 aromatic rings. The molecule has 0 bridgehead atoms. The topological polar surface area (TPSA) is 38.8 Å². The van der Waals surface area contributed by atoms with E-state index in [-0.39, 0.29) is 12.4 Å². The van der Waals surface area contributed by atoms with Gasteiger partial charge in [0.15, 0.2) is 6.61 Å². The minimum absolute atomic E-state index is 0.0501. The van der Waals surface area contributed by atoms with E-state index in [9.17, 15) is 4.79 Å². The van der Waals surface area contributed by atoms with Crippen molar-refractivity contribution in [1.29, 1.82) is 0 Å². The molecule has 134 valence electrons. The van der Waals surface area contributed by atoms with Crippen LogP contribution in [0.3, 0.4) is 0 Å². The van der Waals surface area contributed by atoms with E-state index in [1.807, 2.05) is 12.1 Å². The molecule has 1 aliphatic rings. The number of Topliss-reactive ketones (excluding diaryl/α,β-unsaturated/α-hetero) is 1. The molecule has 0 amide bonds. The highest BCUT2D eigenvalue weighted by Gasteiger charge is 2.21. The van der Waals surface area contributed by atoms with Crippen LogP contribution in [0.4, 0.5) is 0 Å². The highest BCUT2D eigenvalue weighted by molar-refractivity contribution is 6.02. The number of ether oxygens (including phenoxy) is 2. The molecule has 24 heavy (non-hydrogen) atoms. The number of nitrogens with zero attached hydrogens (tertiary/aromatic N) is 1. The van der Waals surface area contributed by atoms with Gasteiger partial charge in [-0.05, 0) is 38.1 Å². The molecule has 0 radical (unpaired) electrons. The summed E-state index contributed by atoms with van der Waals surface area (Å²) in [5.74, 6) is 1.49. The molecule has 1 aromatic carbocycles. The summed E-state index contributed by atoms with van der Waals surface area (Å²) in [6, 6.07) is 5.48. The molecule has 0 aliphatic carbocycles. The van der Waals surface area contributed by atoms with Gasteiger partial charge in [0, 0.05) is 12.6 Å². The van der Waals surface area contributed by atoms with E-state index in [4.69, 9.17) is 9.47 Å². The molecule has 1 heterocycles. The molecule has 1 aliphatic heterocycles. The summed E-state index contributed by atoms with van der Waals surface area (Å²) in [4.78, 5) is 14.0. The van der Waals surface area contributed by atoms with E-state index in [1.165, 1.54) is 38.6 Å². The Balaban J connectivity index is 1.62. The van der Waals surface area contributed by atoms with Crippen LogP contribution < -0.4 is 9.47 Å². The van der Waals surface area contributed by atoms with Crippen molar-refractivity contribution in [3.8, 4) is 11.5 Å². The molecule has 0 aromatic heterocycles. The van der Waals surface area contributed by atoms with Gasteiger partial charge in [-0.3, -0.25) is 4.79 Å². The van der Waals surface area contributed by atoms with Crippen LogP contribution in [0.15, 0.2) is 18.2 Å². The number of ketones is 1.